The number of hydrogen-bond donors (Lipinski definition) is 11. The summed E-state index contributed by atoms with van der Waals surface area (Å²) in [6, 6.07) is 0. The Labute approximate surface area is 414 Å². The molecule has 10 aliphatic rings. The van der Waals surface area contributed by atoms with E-state index in [2.05, 4.69) is 34.6 Å². The Balaban J connectivity index is 0.887. The van der Waals surface area contributed by atoms with E-state index in [-0.39, 0.29) is 34.9 Å². The van der Waals surface area contributed by atoms with Gasteiger partial charge in [0.25, 0.3) is 0 Å². The van der Waals surface area contributed by atoms with E-state index in [9.17, 15) is 56.2 Å². The fraction of sp³-hybridized carbons (Fsp3) is 1.00. The van der Waals surface area contributed by atoms with Gasteiger partial charge in [0.1, 0.15) is 85.5 Å². The van der Waals surface area contributed by atoms with E-state index in [4.69, 9.17) is 47.4 Å². The van der Waals surface area contributed by atoms with Crippen LogP contribution in [0.15, 0.2) is 0 Å². The van der Waals surface area contributed by atoms with Crippen molar-refractivity contribution in [3.8, 4) is 0 Å². The van der Waals surface area contributed by atoms with Crippen LogP contribution >= 0.6 is 0 Å². The number of aliphatic hydroxyl groups is 11. The third kappa shape index (κ3) is 9.10. The van der Waals surface area contributed by atoms with Gasteiger partial charge in [-0.25, -0.2) is 0 Å². The summed E-state index contributed by atoms with van der Waals surface area (Å²) in [6.07, 6.45) is -19.9. The van der Waals surface area contributed by atoms with E-state index in [0.29, 0.717) is 42.4 Å². The Kier molecular flexibility index (Phi) is 15.2. The Morgan fingerprint density at radius 1 is 0.535 bits per heavy atom. The highest BCUT2D eigenvalue weighted by atomic mass is 16.8. The van der Waals surface area contributed by atoms with Crippen molar-refractivity contribution in [3.63, 3.8) is 0 Å². The van der Waals surface area contributed by atoms with Gasteiger partial charge in [-0.05, 0) is 104 Å². The van der Waals surface area contributed by atoms with E-state index in [1.807, 2.05) is 0 Å². The molecule has 21 heteroatoms. The van der Waals surface area contributed by atoms with Gasteiger partial charge in [-0.2, -0.15) is 0 Å². The fourth-order valence-electron chi connectivity index (χ4n) is 16.2. The lowest BCUT2D eigenvalue weighted by Gasteiger charge is -2.66. The SMILES string of the molecule is C[C@H]1CC[C@@]2(OC1)O[C@H]1C[C@H]3[C@]4(C)CC[C@@H]5C[C@@H](O[C@@H]6O[C@H](CO[C@H]7OC[C@@H](O)[C@@H](O)[C@@H]7O)[C@@H](O[C@H]7OC[C@@H](O)[C@@H](O)[C@@H]7O)[C@H](O)[C@H]6O[C@H]6O[C@@H](CO)[C@H](O)[C@@H](O)[C@@H]6O)CC[C@]5(C)[C@H]4CC[C@]3(C)[C@H]1[C@@H]2C. The number of fused-ring (bicyclic) bond motifs is 7. The van der Waals surface area contributed by atoms with Crippen molar-refractivity contribution in [1.82, 2.24) is 0 Å². The Bertz CT molecular complexity index is 1830. The average molecular weight is 1020 g/mol. The second kappa shape index (κ2) is 20.2. The zero-order chi connectivity index (χ0) is 50.7. The minimum absolute atomic E-state index is 0.00533. The molecule has 0 aromatic carbocycles. The fourth-order valence-corrected chi connectivity index (χ4v) is 16.2. The van der Waals surface area contributed by atoms with Gasteiger partial charge in [0.2, 0.25) is 0 Å². The standard InChI is InChI=1S/C50H82O21/c1-21-6-13-50(65-17-21)22(2)32-27(71-50)15-31-48(4)10-7-23-14-24(8-11-47(23,3)30(48)9-12-49(31,32)5)66-46-42(70-45-39(60)36(57)35(56)28(16-51)67-45)40(61)41(69-44-38(59)34(55)26(53)19-63-44)29(68-46)20-64-43-37(58)33(54)25(52)18-62-43/h21-46,51-61H,6-20H2,1-5H3/t21-,22-,23+,24-,25+,26+,27-,28-,29+,30+,31-,32-,33+,34+,35-,36+,37-,38-,39-,40-,41+,42+,43+,44+,45+,46+,47-,48+,49-,50+/m0/s1. The summed E-state index contributed by atoms with van der Waals surface area (Å²) >= 11 is 0. The Hall–Kier alpha value is -0.840. The molecular formula is C50H82O21. The summed E-state index contributed by atoms with van der Waals surface area (Å²) in [5.74, 6) is 2.06. The molecule has 10 fully saturated rings. The molecule has 10 rings (SSSR count). The monoisotopic (exact) mass is 1020 g/mol. The first-order valence-corrected chi connectivity index (χ1v) is 26.5. The van der Waals surface area contributed by atoms with Crippen LogP contribution in [0.4, 0.5) is 0 Å². The van der Waals surface area contributed by atoms with E-state index >= 15 is 0 Å². The summed E-state index contributed by atoms with van der Waals surface area (Å²) in [4.78, 5) is 0. The van der Waals surface area contributed by atoms with Crippen LogP contribution in [0.2, 0.25) is 0 Å². The molecule has 11 N–H and O–H groups in total. The lowest BCUT2D eigenvalue weighted by atomic mass is 9.39. The lowest BCUT2D eigenvalue weighted by molar-refractivity contribution is -0.391. The summed E-state index contributed by atoms with van der Waals surface area (Å²) in [5.41, 5.74) is 0.232. The average Bonchev–Trinajstić information content (AvgIpc) is 3.80. The predicted molar refractivity (Wildman–Crippen MR) is 241 cm³/mol. The second-order valence-electron chi connectivity index (χ2n) is 24.2. The van der Waals surface area contributed by atoms with Gasteiger partial charge in [-0.3, -0.25) is 0 Å². The molecule has 71 heavy (non-hydrogen) atoms. The highest BCUT2D eigenvalue weighted by molar-refractivity contribution is 5.19. The minimum atomic E-state index is -1.88. The molecule has 21 nitrogen and oxygen atoms in total. The van der Waals surface area contributed by atoms with Crippen molar-refractivity contribution in [1.29, 1.82) is 0 Å². The smallest absolute Gasteiger partial charge is 0.187 e. The molecule has 6 aliphatic heterocycles. The van der Waals surface area contributed by atoms with Gasteiger partial charge in [0, 0.05) is 12.3 Å². The molecule has 0 unspecified atom stereocenters. The van der Waals surface area contributed by atoms with Gasteiger partial charge in [-0.1, -0.05) is 34.6 Å². The molecule has 1 spiro atoms. The zero-order valence-electron chi connectivity index (χ0n) is 41.6. The molecule has 408 valence electrons. The molecule has 0 amide bonds. The number of aliphatic hydroxyl groups excluding tert-OH is 11. The normalized spacial score (nSPS) is 58.5. The predicted octanol–water partition coefficient (Wildman–Crippen LogP) is -1.24. The van der Waals surface area contributed by atoms with Crippen LogP contribution in [0.3, 0.4) is 0 Å². The van der Waals surface area contributed by atoms with Crippen LogP contribution in [0.1, 0.15) is 98.8 Å². The van der Waals surface area contributed by atoms with Crippen LogP contribution in [-0.2, 0) is 47.4 Å². The highest BCUT2D eigenvalue weighted by Gasteiger charge is 2.72. The Morgan fingerprint density at radius 3 is 1.86 bits per heavy atom. The van der Waals surface area contributed by atoms with Crippen LogP contribution in [0, 0.1) is 51.8 Å². The zero-order valence-corrected chi connectivity index (χ0v) is 41.6. The largest absolute Gasteiger partial charge is 0.394 e. The van der Waals surface area contributed by atoms with Gasteiger partial charge >= 0.3 is 0 Å². The molecule has 4 aliphatic carbocycles. The third-order valence-corrected chi connectivity index (χ3v) is 20.2. The van der Waals surface area contributed by atoms with Crippen LogP contribution in [0.5, 0.6) is 0 Å². The van der Waals surface area contributed by atoms with Crippen molar-refractivity contribution in [3.05, 3.63) is 0 Å². The van der Waals surface area contributed by atoms with E-state index in [1.165, 1.54) is 0 Å². The molecule has 6 heterocycles. The Morgan fingerprint density at radius 2 is 1.17 bits per heavy atom. The first-order valence-electron chi connectivity index (χ1n) is 26.5. The van der Waals surface area contributed by atoms with Crippen LogP contribution in [-0.4, -0.2) is 218 Å². The van der Waals surface area contributed by atoms with Crippen molar-refractivity contribution in [2.75, 3.05) is 33.0 Å². The van der Waals surface area contributed by atoms with Crippen LogP contribution < -0.4 is 0 Å². The van der Waals surface area contributed by atoms with Gasteiger partial charge in [0.15, 0.2) is 30.9 Å². The lowest BCUT2D eigenvalue weighted by Crippen LogP contribution is -2.67. The third-order valence-electron chi connectivity index (χ3n) is 20.2. The van der Waals surface area contributed by atoms with Gasteiger partial charge in [0.05, 0.1) is 45.2 Å². The number of rotatable bonds is 10. The second-order valence-corrected chi connectivity index (χ2v) is 24.2. The quantitative estimate of drug-likeness (QED) is 0.114. The molecule has 0 bridgehead atoms. The van der Waals surface area contributed by atoms with E-state index < -0.39 is 142 Å². The maximum absolute atomic E-state index is 12.4. The highest BCUT2D eigenvalue weighted by Crippen LogP contribution is 2.75. The first-order chi connectivity index (χ1) is 33.6. The molecule has 0 radical (unpaired) electrons. The summed E-state index contributed by atoms with van der Waals surface area (Å²) in [5, 5.41) is 118. The molecular weight excluding hydrogens is 937 g/mol. The summed E-state index contributed by atoms with van der Waals surface area (Å²) < 4.78 is 62.2. The number of hydrogen-bond acceptors (Lipinski definition) is 21. The topological polar surface area (TPSA) is 315 Å². The van der Waals surface area contributed by atoms with Crippen molar-refractivity contribution in [2.45, 2.75) is 227 Å². The van der Waals surface area contributed by atoms with Gasteiger partial charge in [-0.15, -0.1) is 0 Å². The van der Waals surface area contributed by atoms with Crippen molar-refractivity contribution in [2.24, 2.45) is 51.8 Å². The van der Waals surface area contributed by atoms with Crippen LogP contribution in [0.25, 0.3) is 0 Å². The molecule has 0 aromatic rings. The molecule has 4 saturated carbocycles. The van der Waals surface area contributed by atoms with Crippen molar-refractivity contribution >= 4 is 0 Å². The summed E-state index contributed by atoms with van der Waals surface area (Å²) in [7, 11) is 0. The number of ether oxygens (including phenoxy) is 10. The van der Waals surface area contributed by atoms with Crippen molar-refractivity contribution < 1.29 is 104 Å². The minimum Gasteiger partial charge on any atom is -0.394 e. The summed E-state index contributed by atoms with van der Waals surface area (Å²) in [6.45, 7) is 10.8. The molecule has 30 atom stereocenters. The maximum Gasteiger partial charge on any atom is 0.187 e. The maximum atomic E-state index is 12.4. The molecule has 0 aromatic heterocycles. The first kappa shape index (κ1) is 53.6. The van der Waals surface area contributed by atoms with E-state index in [1.54, 1.807) is 0 Å². The van der Waals surface area contributed by atoms with E-state index in [0.717, 1.165) is 58.0 Å². The molecule has 6 saturated heterocycles. The van der Waals surface area contributed by atoms with Gasteiger partial charge < -0.3 is 104 Å².